The van der Waals surface area contributed by atoms with Gasteiger partial charge in [-0.05, 0) is 68.1 Å². The number of aliphatic carboxylic acids is 1. The van der Waals surface area contributed by atoms with Gasteiger partial charge in [0, 0.05) is 18.8 Å². The van der Waals surface area contributed by atoms with Crippen molar-refractivity contribution in [3.05, 3.63) is 11.6 Å². The summed E-state index contributed by atoms with van der Waals surface area (Å²) in [5.41, 5.74) is -3.73. The van der Waals surface area contributed by atoms with E-state index in [0.29, 0.717) is 23.0 Å². The lowest BCUT2D eigenvalue weighted by Crippen LogP contribution is -2.50. The van der Waals surface area contributed by atoms with Crippen molar-refractivity contribution in [3.63, 3.8) is 0 Å². The Morgan fingerprint density at radius 3 is 2.09 bits per heavy atom. The molecule has 0 aromatic heterocycles. The molecule has 3 fully saturated rings. The fourth-order valence-electron chi connectivity index (χ4n) is 6.41. The van der Waals surface area contributed by atoms with Crippen LogP contribution in [0.15, 0.2) is 11.6 Å². The van der Waals surface area contributed by atoms with Gasteiger partial charge in [0.15, 0.2) is 0 Å². The lowest BCUT2D eigenvalue weighted by molar-refractivity contribution is -0.134. The van der Waals surface area contributed by atoms with Crippen LogP contribution >= 0.6 is 0 Å². The number of aliphatic hydroxyl groups excluding tert-OH is 1. The van der Waals surface area contributed by atoms with E-state index in [-0.39, 0.29) is 11.5 Å². The number of carbonyl (C=O) groups is 2. The minimum Gasteiger partial charge on any atom is -0.481 e. The molecule has 3 N–H and O–H groups in total. The van der Waals surface area contributed by atoms with Gasteiger partial charge in [0.2, 0.25) is 0 Å². The van der Waals surface area contributed by atoms with Crippen LogP contribution in [0.1, 0.15) is 72.1 Å². The highest BCUT2D eigenvalue weighted by Crippen LogP contribution is 2.63. The van der Waals surface area contributed by atoms with E-state index in [1.54, 1.807) is 0 Å². The first kappa shape index (κ1) is 27.8. The van der Waals surface area contributed by atoms with Crippen molar-refractivity contribution in [3.8, 4) is 0 Å². The van der Waals surface area contributed by atoms with Crippen LogP contribution in [0.5, 0.6) is 0 Å². The molecule has 6 atom stereocenters. The maximum Gasteiger partial charge on any atom is 0.522 e. The number of rotatable bonds is 0. The quantitative estimate of drug-likeness (QED) is 0.257. The summed E-state index contributed by atoms with van der Waals surface area (Å²) >= 11 is 0. The van der Waals surface area contributed by atoms with Crippen molar-refractivity contribution in [1.29, 1.82) is 0 Å². The Morgan fingerprint density at radius 1 is 1.09 bits per heavy atom. The number of hydrogen-bond acceptors (Lipinski definition) is 5. The Balaban J connectivity index is 0.000000270. The number of carboxylic acids is 1. The van der Waals surface area contributed by atoms with Crippen LogP contribution in [0, 0.1) is 28.6 Å². The number of allylic oxidation sites excluding steroid dienone is 1. The highest BCUT2D eigenvalue weighted by Gasteiger charge is 2.58. The Morgan fingerprint density at radius 2 is 1.58 bits per heavy atom. The average Bonchev–Trinajstić information content (AvgIpc) is 2.96. The van der Waals surface area contributed by atoms with Crippen molar-refractivity contribution in [2.75, 3.05) is 0 Å². The Hall–Kier alpha value is -1.46. The molecule has 4 aliphatic carbocycles. The molecule has 190 valence electrons. The monoisotopic (exact) mass is 498 g/mol. The van der Waals surface area contributed by atoms with E-state index in [1.807, 2.05) is 0 Å². The fraction of sp³-hybridized carbons (Fsp3) is 0.818. The van der Waals surface area contributed by atoms with Gasteiger partial charge in [0.1, 0.15) is 5.78 Å². The lowest BCUT2D eigenvalue weighted by atomic mass is 9.48. The molecule has 7 nitrogen and oxygen atoms in total. The van der Waals surface area contributed by atoms with Crippen LogP contribution in [0.4, 0.5) is 13.2 Å². The number of fused-ring (bicyclic) bond motifs is 5. The highest BCUT2D eigenvalue weighted by atomic mass is 32.2. The van der Waals surface area contributed by atoms with E-state index < -0.39 is 21.6 Å². The van der Waals surface area contributed by atoms with Gasteiger partial charge < -0.3 is 10.2 Å². The zero-order chi connectivity index (χ0) is 25.4. The second-order valence-electron chi connectivity index (χ2n) is 10.0. The van der Waals surface area contributed by atoms with E-state index in [2.05, 4.69) is 19.9 Å². The topological polar surface area (TPSA) is 129 Å². The highest BCUT2D eigenvalue weighted by molar-refractivity contribution is 7.86. The van der Waals surface area contributed by atoms with Crippen molar-refractivity contribution in [2.45, 2.75) is 83.8 Å². The minimum absolute atomic E-state index is 0.0168. The van der Waals surface area contributed by atoms with Crippen LogP contribution in [-0.4, -0.2) is 46.5 Å². The summed E-state index contributed by atoms with van der Waals surface area (Å²) in [6.07, 6.45) is 10.7. The molecular formula is C22H33F3O7S. The molecule has 0 amide bonds. The third-order valence-corrected chi connectivity index (χ3v) is 8.66. The van der Waals surface area contributed by atoms with Crippen molar-refractivity contribution >= 4 is 21.9 Å². The molecule has 0 saturated heterocycles. The molecule has 0 aromatic carbocycles. The van der Waals surface area contributed by atoms with Gasteiger partial charge >= 0.3 is 15.6 Å². The molecule has 4 aliphatic rings. The van der Waals surface area contributed by atoms with Crippen LogP contribution in [-0.2, 0) is 19.7 Å². The molecule has 0 spiro atoms. The Labute approximate surface area is 192 Å². The van der Waals surface area contributed by atoms with Gasteiger partial charge in [-0.3, -0.25) is 14.1 Å². The molecule has 4 rings (SSSR count). The molecule has 0 aromatic rings. The smallest absolute Gasteiger partial charge is 0.481 e. The first-order valence-corrected chi connectivity index (χ1v) is 12.5. The number of Topliss-reactive ketones (excluding diaryl/α,β-unsaturated/α-hetero) is 1. The maximum absolute atomic E-state index is 12.4. The average molecular weight is 499 g/mol. The molecule has 11 heteroatoms. The van der Waals surface area contributed by atoms with E-state index in [4.69, 9.17) is 22.9 Å². The predicted octanol–water partition coefficient (Wildman–Crippen LogP) is 4.36. The fourth-order valence-corrected chi connectivity index (χ4v) is 6.41. The largest absolute Gasteiger partial charge is 0.522 e. The van der Waals surface area contributed by atoms with Crippen LogP contribution < -0.4 is 0 Å². The summed E-state index contributed by atoms with van der Waals surface area (Å²) in [5.74, 6) is 1.77. The first-order chi connectivity index (χ1) is 14.9. The zero-order valence-electron chi connectivity index (χ0n) is 19.1. The Kier molecular flexibility index (Phi) is 8.13. The molecule has 0 bridgehead atoms. The standard InChI is InChI=1S/C19H28O2.C2H4O2.CHF3O3S/c1-18-9-7-13(20)11-12(18)3-4-14-15-5-6-17(21)19(15,2)10-8-16(14)18;1-2(3)4;2-1(3,4)8(5,6)7/h3,13-16,20H,4-11H2,1-2H3;1H3,(H,3,4);(H,5,6,7)/t13-,14-,15-,16-,18-,19-;;/m0../s1. The van der Waals surface area contributed by atoms with E-state index >= 15 is 0 Å². The Bertz CT molecular complexity index is 894. The summed E-state index contributed by atoms with van der Waals surface area (Å²) in [6, 6.07) is 0. The van der Waals surface area contributed by atoms with Gasteiger partial charge in [-0.25, -0.2) is 0 Å². The SMILES string of the molecule is CC(=O)O.C[C@]12CC[C@H](O)CC1=CC[C@@H]1[C@@H]2CC[C@]2(C)C(=O)CC[C@@H]12.O=S(=O)(O)C(F)(F)F. The van der Waals surface area contributed by atoms with Gasteiger partial charge in [0.05, 0.1) is 6.10 Å². The number of carboxylic acid groups (broad SMARTS) is 1. The van der Waals surface area contributed by atoms with Gasteiger partial charge in [0.25, 0.3) is 5.97 Å². The predicted molar refractivity (Wildman–Crippen MR) is 114 cm³/mol. The summed E-state index contributed by atoms with van der Waals surface area (Å²) in [6.45, 7) is 5.77. The van der Waals surface area contributed by atoms with Crippen LogP contribution in [0.25, 0.3) is 0 Å². The number of aliphatic hydroxyl groups is 1. The summed E-state index contributed by atoms with van der Waals surface area (Å²) in [4.78, 5) is 21.4. The van der Waals surface area contributed by atoms with E-state index in [0.717, 1.165) is 57.8 Å². The first-order valence-electron chi connectivity index (χ1n) is 11.1. The third kappa shape index (κ3) is 5.79. The second kappa shape index (κ2) is 9.65. The number of ketones is 1. The third-order valence-electron chi connectivity index (χ3n) is 8.08. The van der Waals surface area contributed by atoms with Crippen LogP contribution in [0.3, 0.4) is 0 Å². The lowest BCUT2D eigenvalue weighted by Gasteiger charge is -2.56. The van der Waals surface area contributed by atoms with Gasteiger partial charge in [-0.1, -0.05) is 25.5 Å². The number of hydrogen-bond donors (Lipinski definition) is 3. The molecule has 3 saturated carbocycles. The van der Waals surface area contributed by atoms with E-state index in [1.165, 1.54) is 12.0 Å². The van der Waals surface area contributed by atoms with Crippen molar-refractivity contribution in [2.24, 2.45) is 28.6 Å². The number of alkyl halides is 3. The number of halogens is 3. The summed E-state index contributed by atoms with van der Waals surface area (Å²) in [5, 5.41) is 17.4. The van der Waals surface area contributed by atoms with Crippen LogP contribution in [0.2, 0.25) is 0 Å². The molecule has 0 heterocycles. The van der Waals surface area contributed by atoms with E-state index in [9.17, 15) is 23.1 Å². The van der Waals surface area contributed by atoms with Crippen molar-refractivity contribution < 1.29 is 45.9 Å². The number of carbonyl (C=O) groups excluding carboxylic acids is 1. The molecular weight excluding hydrogens is 465 g/mol. The minimum atomic E-state index is -5.84. The molecule has 33 heavy (non-hydrogen) atoms. The summed E-state index contributed by atoms with van der Waals surface area (Å²) < 4.78 is 57.5. The summed E-state index contributed by atoms with van der Waals surface area (Å²) in [7, 11) is -5.84. The molecule has 0 radical (unpaired) electrons. The maximum atomic E-state index is 12.4. The molecule has 0 unspecified atom stereocenters. The zero-order valence-corrected chi connectivity index (χ0v) is 19.9. The normalized spacial score (nSPS) is 37.7. The molecule has 0 aliphatic heterocycles. The van der Waals surface area contributed by atoms with Gasteiger partial charge in [-0.2, -0.15) is 21.6 Å². The van der Waals surface area contributed by atoms with Gasteiger partial charge in [-0.15, -0.1) is 0 Å². The second-order valence-corrected chi connectivity index (χ2v) is 11.4. The van der Waals surface area contributed by atoms with Crippen molar-refractivity contribution in [1.82, 2.24) is 0 Å².